The van der Waals surface area contributed by atoms with Crippen molar-refractivity contribution in [2.75, 3.05) is 26.2 Å². The fourth-order valence-corrected chi connectivity index (χ4v) is 0.971. The number of hydrogen-bond acceptors (Lipinski definition) is 2. The highest BCUT2D eigenvalue weighted by atomic mass is 35.5. The summed E-state index contributed by atoms with van der Waals surface area (Å²) in [6.07, 6.45) is 1.77. The summed E-state index contributed by atoms with van der Waals surface area (Å²) in [6, 6.07) is 0. The summed E-state index contributed by atoms with van der Waals surface area (Å²) in [7, 11) is 0. The Kier molecular flexibility index (Phi) is 6.22. The first-order chi connectivity index (χ1) is 5.20. The van der Waals surface area contributed by atoms with Crippen molar-refractivity contribution < 1.29 is 5.11 Å². The summed E-state index contributed by atoms with van der Waals surface area (Å²) in [4.78, 5) is 1.96. The van der Waals surface area contributed by atoms with E-state index in [1.165, 1.54) is 0 Å². The molecule has 0 aliphatic heterocycles. The van der Waals surface area contributed by atoms with Gasteiger partial charge in [0.05, 0.1) is 6.61 Å². The van der Waals surface area contributed by atoms with Gasteiger partial charge in [-0.15, -0.1) is 6.58 Å². The van der Waals surface area contributed by atoms with E-state index in [9.17, 15) is 0 Å². The molecule has 0 radical (unpaired) electrons. The molecule has 11 heavy (non-hydrogen) atoms. The lowest BCUT2D eigenvalue weighted by molar-refractivity contribution is 0.219. The Hall–Kier alpha value is -0.310. The quantitative estimate of drug-likeness (QED) is 0.614. The van der Waals surface area contributed by atoms with Crippen LogP contribution in [0.5, 0.6) is 0 Å². The van der Waals surface area contributed by atoms with Crippen molar-refractivity contribution in [3.05, 3.63) is 24.3 Å². The molecular weight excluding hydrogens is 162 g/mol. The third-order valence-corrected chi connectivity index (χ3v) is 1.32. The molecule has 0 rings (SSSR count). The van der Waals surface area contributed by atoms with Crippen molar-refractivity contribution in [3.8, 4) is 0 Å². The maximum atomic E-state index is 8.63. The van der Waals surface area contributed by atoms with Crippen LogP contribution < -0.4 is 0 Å². The van der Waals surface area contributed by atoms with Gasteiger partial charge in [-0.05, 0) is 0 Å². The van der Waals surface area contributed by atoms with Crippen LogP contribution in [-0.2, 0) is 0 Å². The zero-order valence-electron chi connectivity index (χ0n) is 6.59. The van der Waals surface area contributed by atoms with E-state index in [1.807, 2.05) is 4.90 Å². The third-order valence-electron chi connectivity index (χ3n) is 1.20. The lowest BCUT2D eigenvalue weighted by Gasteiger charge is -2.17. The van der Waals surface area contributed by atoms with Crippen LogP contribution in [-0.4, -0.2) is 36.2 Å². The van der Waals surface area contributed by atoms with Crippen molar-refractivity contribution in [1.82, 2.24) is 4.90 Å². The first-order valence-corrected chi connectivity index (χ1v) is 3.86. The molecule has 0 aliphatic carbocycles. The van der Waals surface area contributed by atoms with Crippen LogP contribution >= 0.6 is 11.6 Å². The fourth-order valence-electron chi connectivity index (χ4n) is 0.802. The molecule has 0 aromatic heterocycles. The van der Waals surface area contributed by atoms with Gasteiger partial charge in [-0.2, -0.15) is 0 Å². The second-order valence-corrected chi connectivity index (χ2v) is 2.80. The Morgan fingerprint density at radius 3 is 2.64 bits per heavy atom. The van der Waals surface area contributed by atoms with E-state index in [-0.39, 0.29) is 6.61 Å². The van der Waals surface area contributed by atoms with Gasteiger partial charge >= 0.3 is 0 Å². The van der Waals surface area contributed by atoms with Gasteiger partial charge in [0.1, 0.15) is 0 Å². The standard InChI is InChI=1S/C8H14ClNO/c1-3-4-10(5-6-11)7-8(2)9/h3,11H,1-2,4-7H2. The molecule has 0 saturated heterocycles. The van der Waals surface area contributed by atoms with E-state index >= 15 is 0 Å². The van der Waals surface area contributed by atoms with Gasteiger partial charge in [0.25, 0.3) is 0 Å². The fraction of sp³-hybridized carbons (Fsp3) is 0.500. The largest absolute Gasteiger partial charge is 0.395 e. The zero-order valence-corrected chi connectivity index (χ0v) is 7.35. The summed E-state index contributed by atoms with van der Waals surface area (Å²) >= 11 is 5.59. The number of rotatable bonds is 6. The molecule has 64 valence electrons. The van der Waals surface area contributed by atoms with Gasteiger partial charge < -0.3 is 5.11 Å². The predicted octanol–water partition coefficient (Wildman–Crippen LogP) is 1.22. The average Bonchev–Trinajstić information content (AvgIpc) is 1.87. The highest BCUT2D eigenvalue weighted by Gasteiger charge is 2.01. The Labute approximate surface area is 72.8 Å². The summed E-state index contributed by atoms with van der Waals surface area (Å²) < 4.78 is 0. The normalized spacial score (nSPS) is 10.1. The SMILES string of the molecule is C=CCN(CCO)CC(=C)Cl. The predicted molar refractivity (Wildman–Crippen MR) is 48.7 cm³/mol. The highest BCUT2D eigenvalue weighted by molar-refractivity contribution is 6.29. The van der Waals surface area contributed by atoms with Crippen molar-refractivity contribution in [1.29, 1.82) is 0 Å². The lowest BCUT2D eigenvalue weighted by Crippen LogP contribution is -2.28. The molecule has 0 aromatic rings. The van der Waals surface area contributed by atoms with Gasteiger partial charge in [-0.3, -0.25) is 4.90 Å². The Morgan fingerprint density at radius 1 is 1.64 bits per heavy atom. The molecule has 0 aromatic carbocycles. The molecule has 3 heteroatoms. The Bertz CT molecular complexity index is 136. The van der Waals surface area contributed by atoms with Gasteiger partial charge in [0.2, 0.25) is 0 Å². The number of aliphatic hydroxyl groups is 1. The monoisotopic (exact) mass is 175 g/mol. The van der Waals surface area contributed by atoms with Crippen LogP contribution in [0.4, 0.5) is 0 Å². The minimum atomic E-state index is 0.137. The minimum absolute atomic E-state index is 0.137. The van der Waals surface area contributed by atoms with Crippen molar-refractivity contribution in [2.24, 2.45) is 0 Å². The van der Waals surface area contributed by atoms with Crippen molar-refractivity contribution >= 4 is 11.6 Å². The maximum Gasteiger partial charge on any atom is 0.0558 e. The second-order valence-electron chi connectivity index (χ2n) is 2.26. The molecule has 0 saturated carbocycles. The van der Waals surface area contributed by atoms with E-state index < -0.39 is 0 Å². The number of hydrogen-bond donors (Lipinski definition) is 1. The first kappa shape index (κ1) is 10.7. The van der Waals surface area contributed by atoms with Crippen molar-refractivity contribution in [2.45, 2.75) is 0 Å². The van der Waals surface area contributed by atoms with Crippen LogP contribution in [0.25, 0.3) is 0 Å². The summed E-state index contributed by atoms with van der Waals surface area (Å²) in [5, 5.41) is 9.21. The molecule has 0 aliphatic rings. The topological polar surface area (TPSA) is 23.5 Å². The molecule has 0 heterocycles. The van der Waals surface area contributed by atoms with E-state index in [0.717, 1.165) is 6.54 Å². The highest BCUT2D eigenvalue weighted by Crippen LogP contribution is 2.00. The smallest absolute Gasteiger partial charge is 0.0558 e. The van der Waals surface area contributed by atoms with E-state index in [4.69, 9.17) is 16.7 Å². The lowest BCUT2D eigenvalue weighted by atomic mass is 10.4. The van der Waals surface area contributed by atoms with Gasteiger partial charge in [0.15, 0.2) is 0 Å². The molecular formula is C8H14ClNO. The maximum absolute atomic E-state index is 8.63. The average molecular weight is 176 g/mol. The van der Waals surface area contributed by atoms with Crippen molar-refractivity contribution in [3.63, 3.8) is 0 Å². The molecule has 2 nitrogen and oxygen atoms in total. The molecule has 0 fully saturated rings. The van der Waals surface area contributed by atoms with E-state index in [0.29, 0.717) is 18.1 Å². The van der Waals surface area contributed by atoms with Gasteiger partial charge in [-0.25, -0.2) is 0 Å². The molecule has 0 unspecified atom stereocenters. The van der Waals surface area contributed by atoms with Gasteiger partial charge in [-0.1, -0.05) is 24.3 Å². The molecule has 0 amide bonds. The number of nitrogens with zero attached hydrogens (tertiary/aromatic N) is 1. The second kappa shape index (κ2) is 6.40. The molecule has 1 N–H and O–H groups in total. The first-order valence-electron chi connectivity index (χ1n) is 3.48. The van der Waals surface area contributed by atoms with Crippen LogP contribution in [0.15, 0.2) is 24.3 Å². The Morgan fingerprint density at radius 2 is 2.27 bits per heavy atom. The van der Waals surface area contributed by atoms with Crippen LogP contribution in [0.2, 0.25) is 0 Å². The number of aliphatic hydroxyl groups excluding tert-OH is 1. The third kappa shape index (κ3) is 6.10. The summed E-state index contributed by atoms with van der Waals surface area (Å²) in [6.45, 7) is 9.24. The Balaban J connectivity index is 3.67. The summed E-state index contributed by atoms with van der Waals surface area (Å²) in [5.41, 5.74) is 0. The van der Waals surface area contributed by atoms with E-state index in [1.54, 1.807) is 6.08 Å². The zero-order chi connectivity index (χ0) is 8.69. The van der Waals surface area contributed by atoms with Crippen LogP contribution in [0, 0.1) is 0 Å². The molecule has 0 atom stereocenters. The van der Waals surface area contributed by atoms with Gasteiger partial charge in [0, 0.05) is 24.7 Å². The minimum Gasteiger partial charge on any atom is -0.395 e. The molecule has 0 bridgehead atoms. The molecule has 0 spiro atoms. The van der Waals surface area contributed by atoms with Crippen LogP contribution in [0.1, 0.15) is 0 Å². The van der Waals surface area contributed by atoms with Crippen LogP contribution in [0.3, 0.4) is 0 Å². The number of halogens is 1. The summed E-state index contributed by atoms with van der Waals surface area (Å²) in [5.74, 6) is 0. The van der Waals surface area contributed by atoms with E-state index in [2.05, 4.69) is 13.2 Å².